The van der Waals surface area contributed by atoms with Crippen molar-refractivity contribution in [2.24, 2.45) is 0 Å². The van der Waals surface area contributed by atoms with Crippen LogP contribution in [0.1, 0.15) is 0 Å². The lowest BCUT2D eigenvalue weighted by Crippen LogP contribution is -2.38. The first-order valence-corrected chi connectivity index (χ1v) is 7.09. The van der Waals surface area contributed by atoms with Gasteiger partial charge >= 0.3 is 0 Å². The predicted molar refractivity (Wildman–Crippen MR) is 79.6 cm³/mol. The number of fused-ring (bicyclic) bond motifs is 1. The van der Waals surface area contributed by atoms with Crippen molar-refractivity contribution in [3.05, 3.63) is 27.0 Å². The number of halogens is 1. The highest BCUT2D eigenvalue weighted by molar-refractivity contribution is 9.10. The maximum absolute atomic E-state index is 12.2. The Kier molecular flexibility index (Phi) is 3.62. The van der Waals surface area contributed by atoms with E-state index in [-0.39, 0.29) is 5.56 Å². The monoisotopic (exact) mass is 339 g/mol. The van der Waals surface area contributed by atoms with Crippen molar-refractivity contribution in [3.8, 4) is 5.75 Å². The van der Waals surface area contributed by atoms with E-state index in [0.29, 0.717) is 40.3 Å². The van der Waals surface area contributed by atoms with E-state index in [2.05, 4.69) is 25.9 Å². The number of rotatable bonds is 2. The van der Waals surface area contributed by atoms with Gasteiger partial charge in [-0.1, -0.05) is 0 Å². The minimum absolute atomic E-state index is 0.153. The molecule has 6 nitrogen and oxygen atoms in total. The summed E-state index contributed by atoms with van der Waals surface area (Å²) in [7, 11) is 1.59. The molecule has 7 heteroatoms. The first-order chi connectivity index (χ1) is 9.70. The number of aromatic nitrogens is 2. The van der Waals surface area contributed by atoms with Gasteiger partial charge in [-0.25, -0.2) is 4.98 Å². The fourth-order valence-corrected chi connectivity index (χ4v) is 2.82. The second kappa shape index (κ2) is 5.41. The Bertz CT molecular complexity index is 695. The fraction of sp³-hybridized carbons (Fsp3) is 0.385. The van der Waals surface area contributed by atoms with E-state index in [9.17, 15) is 4.79 Å². The van der Waals surface area contributed by atoms with E-state index in [0.717, 1.165) is 13.1 Å². The molecule has 0 saturated carbocycles. The lowest BCUT2D eigenvalue weighted by atomic mass is 10.2. The average Bonchev–Trinajstić information content (AvgIpc) is 2.49. The van der Waals surface area contributed by atoms with Crippen LogP contribution in [0.4, 0.5) is 5.95 Å². The third kappa shape index (κ3) is 2.27. The van der Waals surface area contributed by atoms with E-state index >= 15 is 0 Å². The molecular formula is C13H14BrN3O3. The molecule has 1 aromatic carbocycles. The van der Waals surface area contributed by atoms with Gasteiger partial charge in [0.25, 0.3) is 5.56 Å². The zero-order valence-electron chi connectivity index (χ0n) is 11.0. The number of ether oxygens (including phenoxy) is 2. The second-order valence-electron chi connectivity index (χ2n) is 4.47. The molecule has 0 bridgehead atoms. The zero-order chi connectivity index (χ0) is 14.1. The van der Waals surface area contributed by atoms with Gasteiger partial charge < -0.3 is 14.4 Å². The topological polar surface area (TPSA) is 67.5 Å². The van der Waals surface area contributed by atoms with E-state index < -0.39 is 0 Å². The molecule has 1 aromatic heterocycles. The Morgan fingerprint density at radius 3 is 2.85 bits per heavy atom. The first kappa shape index (κ1) is 13.4. The van der Waals surface area contributed by atoms with Crippen molar-refractivity contribution in [1.82, 2.24) is 9.97 Å². The van der Waals surface area contributed by atoms with Crippen LogP contribution >= 0.6 is 15.9 Å². The van der Waals surface area contributed by atoms with Crippen molar-refractivity contribution >= 4 is 32.8 Å². The van der Waals surface area contributed by atoms with Crippen LogP contribution in [-0.2, 0) is 4.74 Å². The number of anilines is 1. The third-order valence-corrected chi connectivity index (χ3v) is 4.07. The summed E-state index contributed by atoms with van der Waals surface area (Å²) in [6.45, 7) is 2.72. The van der Waals surface area contributed by atoms with Crippen LogP contribution in [0, 0.1) is 0 Å². The highest BCUT2D eigenvalue weighted by Crippen LogP contribution is 2.31. The Hall–Kier alpha value is -1.60. The SMILES string of the molecule is COc1ccc2c(=O)[nH]c(N3CCOCC3)nc2c1Br. The predicted octanol–water partition coefficient (Wildman–Crippen LogP) is 1.53. The van der Waals surface area contributed by atoms with Crippen molar-refractivity contribution in [2.45, 2.75) is 0 Å². The van der Waals surface area contributed by atoms with Crippen LogP contribution in [0.25, 0.3) is 10.9 Å². The molecule has 2 heterocycles. The summed E-state index contributed by atoms with van der Waals surface area (Å²) < 4.78 is 11.2. The van der Waals surface area contributed by atoms with Gasteiger partial charge in [0.05, 0.1) is 35.7 Å². The van der Waals surface area contributed by atoms with Crippen LogP contribution in [0.15, 0.2) is 21.4 Å². The van der Waals surface area contributed by atoms with Crippen LogP contribution in [0.3, 0.4) is 0 Å². The number of aromatic amines is 1. The quantitative estimate of drug-likeness (QED) is 0.898. The lowest BCUT2D eigenvalue weighted by molar-refractivity contribution is 0.122. The standard InChI is InChI=1S/C13H14BrN3O3/c1-19-9-3-2-8-11(10(9)14)15-13(16-12(8)18)17-4-6-20-7-5-17/h2-3H,4-7H2,1H3,(H,15,16,18). The molecule has 1 saturated heterocycles. The van der Waals surface area contributed by atoms with Gasteiger partial charge in [-0.2, -0.15) is 0 Å². The molecule has 3 rings (SSSR count). The molecular weight excluding hydrogens is 326 g/mol. The average molecular weight is 340 g/mol. The number of morpholine rings is 1. The molecule has 2 aromatic rings. The van der Waals surface area contributed by atoms with Gasteiger partial charge in [0.2, 0.25) is 5.95 Å². The normalized spacial score (nSPS) is 15.6. The number of nitrogens with zero attached hydrogens (tertiary/aromatic N) is 2. The lowest BCUT2D eigenvalue weighted by Gasteiger charge is -2.27. The molecule has 106 valence electrons. The van der Waals surface area contributed by atoms with Gasteiger partial charge in [0.1, 0.15) is 5.75 Å². The van der Waals surface area contributed by atoms with Crippen LogP contribution in [0.2, 0.25) is 0 Å². The second-order valence-corrected chi connectivity index (χ2v) is 5.26. The summed E-state index contributed by atoms with van der Waals surface area (Å²) in [6.07, 6.45) is 0. The summed E-state index contributed by atoms with van der Waals surface area (Å²) in [6, 6.07) is 3.46. The molecule has 0 aliphatic carbocycles. The van der Waals surface area contributed by atoms with Gasteiger partial charge in [0.15, 0.2) is 0 Å². The van der Waals surface area contributed by atoms with Crippen LogP contribution in [0.5, 0.6) is 5.75 Å². The number of nitrogens with one attached hydrogen (secondary N) is 1. The van der Waals surface area contributed by atoms with Crippen molar-refractivity contribution in [1.29, 1.82) is 0 Å². The minimum Gasteiger partial charge on any atom is -0.495 e. The molecule has 0 radical (unpaired) electrons. The summed E-state index contributed by atoms with van der Waals surface area (Å²) in [5.74, 6) is 1.23. The van der Waals surface area contributed by atoms with Crippen molar-refractivity contribution < 1.29 is 9.47 Å². The number of hydrogen-bond donors (Lipinski definition) is 1. The summed E-state index contributed by atoms with van der Waals surface area (Å²) in [4.78, 5) is 21.6. The number of benzene rings is 1. The van der Waals surface area contributed by atoms with E-state index in [1.807, 2.05) is 4.90 Å². The molecule has 0 amide bonds. The van der Waals surface area contributed by atoms with E-state index in [1.54, 1.807) is 19.2 Å². The summed E-state index contributed by atoms with van der Waals surface area (Å²) in [5.41, 5.74) is 0.453. The van der Waals surface area contributed by atoms with Crippen LogP contribution in [-0.4, -0.2) is 43.4 Å². The van der Waals surface area contributed by atoms with Crippen molar-refractivity contribution in [2.75, 3.05) is 38.3 Å². The molecule has 0 unspecified atom stereocenters. The third-order valence-electron chi connectivity index (χ3n) is 3.30. The van der Waals surface area contributed by atoms with E-state index in [1.165, 1.54) is 0 Å². The molecule has 1 aliphatic heterocycles. The molecule has 20 heavy (non-hydrogen) atoms. The summed E-state index contributed by atoms with van der Waals surface area (Å²) in [5, 5.41) is 0.537. The summed E-state index contributed by atoms with van der Waals surface area (Å²) >= 11 is 3.45. The number of H-pyrrole nitrogens is 1. The fourth-order valence-electron chi connectivity index (χ4n) is 2.22. The Morgan fingerprint density at radius 1 is 1.40 bits per heavy atom. The maximum Gasteiger partial charge on any atom is 0.260 e. The van der Waals surface area contributed by atoms with Gasteiger partial charge in [-0.3, -0.25) is 9.78 Å². The van der Waals surface area contributed by atoms with Gasteiger partial charge in [0, 0.05) is 13.1 Å². The molecule has 0 spiro atoms. The highest BCUT2D eigenvalue weighted by Gasteiger charge is 2.17. The number of hydrogen-bond acceptors (Lipinski definition) is 5. The molecule has 1 fully saturated rings. The molecule has 0 atom stereocenters. The first-order valence-electron chi connectivity index (χ1n) is 6.30. The highest BCUT2D eigenvalue weighted by atomic mass is 79.9. The zero-order valence-corrected chi connectivity index (χ0v) is 12.6. The largest absolute Gasteiger partial charge is 0.495 e. The Labute approximate surface area is 123 Å². The Morgan fingerprint density at radius 2 is 2.15 bits per heavy atom. The Balaban J connectivity index is 2.16. The molecule has 1 N–H and O–H groups in total. The van der Waals surface area contributed by atoms with Crippen LogP contribution < -0.4 is 15.2 Å². The smallest absolute Gasteiger partial charge is 0.260 e. The number of methoxy groups -OCH3 is 1. The molecule has 1 aliphatic rings. The minimum atomic E-state index is -0.153. The van der Waals surface area contributed by atoms with Gasteiger partial charge in [-0.15, -0.1) is 0 Å². The van der Waals surface area contributed by atoms with Crippen molar-refractivity contribution in [3.63, 3.8) is 0 Å². The van der Waals surface area contributed by atoms with E-state index in [4.69, 9.17) is 9.47 Å². The maximum atomic E-state index is 12.2. The van der Waals surface area contributed by atoms with Gasteiger partial charge in [-0.05, 0) is 28.1 Å².